The summed E-state index contributed by atoms with van der Waals surface area (Å²) in [7, 11) is 0. The van der Waals surface area contributed by atoms with Crippen molar-refractivity contribution in [3.8, 4) is 16.8 Å². The number of hydrogen-bond acceptors (Lipinski definition) is 2. The van der Waals surface area contributed by atoms with Crippen LogP contribution in [0.5, 0.6) is 0 Å². The van der Waals surface area contributed by atoms with E-state index >= 15 is 0 Å². The average molecular weight is 344 g/mol. The number of benzene rings is 2. The van der Waals surface area contributed by atoms with Gasteiger partial charge in [0.25, 0.3) is 5.56 Å². The van der Waals surface area contributed by atoms with Crippen LogP contribution in [0.2, 0.25) is 0 Å². The van der Waals surface area contributed by atoms with Crippen LogP contribution in [0.3, 0.4) is 0 Å². The average Bonchev–Trinajstić information content (AvgIpc) is 2.62. The van der Waals surface area contributed by atoms with E-state index in [-0.39, 0.29) is 5.56 Å². The number of nitrogens with one attached hydrogen (secondary N) is 2. The molecule has 128 valence electrons. The van der Waals surface area contributed by atoms with Crippen molar-refractivity contribution in [3.63, 3.8) is 0 Å². The summed E-state index contributed by atoms with van der Waals surface area (Å²) in [5, 5.41) is 0.488. The fourth-order valence-electron chi connectivity index (χ4n) is 3.40. The van der Waals surface area contributed by atoms with Crippen LogP contribution < -0.4 is 15.8 Å². The normalized spacial score (nSPS) is 11.0. The Balaban J connectivity index is 1.95. The predicted octanol–water partition coefficient (Wildman–Crippen LogP) is 2.78. The Morgan fingerprint density at radius 3 is 2.15 bits per heavy atom. The summed E-state index contributed by atoms with van der Waals surface area (Å²) in [5.74, 6) is 0. The molecule has 2 aromatic carbocycles. The maximum absolute atomic E-state index is 12.3. The zero-order chi connectivity index (χ0) is 18.3. The van der Waals surface area contributed by atoms with Gasteiger partial charge in [0.05, 0.1) is 0 Å². The van der Waals surface area contributed by atoms with E-state index in [0.29, 0.717) is 11.0 Å². The number of aromatic nitrogens is 3. The molecule has 5 nitrogen and oxygen atoms in total. The third kappa shape index (κ3) is 2.63. The molecule has 5 heteroatoms. The SMILES string of the molecule is Cc1cc(C)[n+](-c2ccc(-c3ccccc3)cc2)c2[nH]c(=O)[nH]c(=O)c12. The number of nitrogens with zero attached hydrogens (tertiary/aromatic N) is 1. The largest absolute Gasteiger partial charge is 0.413 e. The lowest BCUT2D eigenvalue weighted by atomic mass is 10.1. The van der Waals surface area contributed by atoms with Gasteiger partial charge in [0.1, 0.15) is 16.8 Å². The van der Waals surface area contributed by atoms with E-state index in [1.165, 1.54) is 0 Å². The number of aryl methyl sites for hydroxylation is 2. The lowest BCUT2D eigenvalue weighted by molar-refractivity contribution is -0.576. The van der Waals surface area contributed by atoms with Gasteiger partial charge in [0, 0.05) is 0 Å². The van der Waals surface area contributed by atoms with E-state index in [9.17, 15) is 9.59 Å². The van der Waals surface area contributed by atoms with Crippen molar-refractivity contribution < 1.29 is 4.57 Å². The Hall–Kier alpha value is -3.47. The molecule has 0 aliphatic carbocycles. The van der Waals surface area contributed by atoms with Gasteiger partial charge in [-0.1, -0.05) is 42.5 Å². The van der Waals surface area contributed by atoms with E-state index in [4.69, 9.17) is 0 Å². The van der Waals surface area contributed by atoms with Crippen LogP contribution in [0, 0.1) is 13.8 Å². The van der Waals surface area contributed by atoms with Crippen LogP contribution in [0.4, 0.5) is 0 Å². The van der Waals surface area contributed by atoms with Gasteiger partial charge in [-0.3, -0.25) is 9.78 Å². The molecule has 0 bridgehead atoms. The topological polar surface area (TPSA) is 69.6 Å². The quantitative estimate of drug-likeness (QED) is 0.549. The highest BCUT2D eigenvalue weighted by atomic mass is 16.2. The van der Waals surface area contributed by atoms with Crippen LogP contribution in [0.25, 0.3) is 27.8 Å². The molecular formula is C21H18N3O2+. The van der Waals surface area contributed by atoms with E-state index < -0.39 is 5.69 Å². The maximum Gasteiger partial charge on any atom is 0.413 e. The minimum atomic E-state index is -0.512. The molecule has 0 fully saturated rings. The monoisotopic (exact) mass is 344 g/mol. The first kappa shape index (κ1) is 16.0. The van der Waals surface area contributed by atoms with Crippen molar-refractivity contribution in [3.05, 3.63) is 92.8 Å². The van der Waals surface area contributed by atoms with Crippen molar-refractivity contribution in [1.82, 2.24) is 9.97 Å². The molecule has 4 rings (SSSR count). The second-order valence-corrected chi connectivity index (χ2v) is 6.35. The molecule has 0 atom stereocenters. The third-order valence-corrected chi connectivity index (χ3v) is 4.55. The molecule has 2 heterocycles. The Kier molecular flexibility index (Phi) is 3.77. The van der Waals surface area contributed by atoms with Crippen LogP contribution in [0.15, 0.2) is 70.3 Å². The second kappa shape index (κ2) is 6.11. The van der Waals surface area contributed by atoms with Crippen LogP contribution >= 0.6 is 0 Å². The zero-order valence-corrected chi connectivity index (χ0v) is 14.5. The molecule has 0 saturated heterocycles. The highest BCUT2D eigenvalue weighted by Crippen LogP contribution is 2.20. The van der Waals surface area contributed by atoms with Crippen molar-refractivity contribution >= 4 is 11.0 Å². The molecule has 2 N–H and O–H groups in total. The van der Waals surface area contributed by atoms with Crippen molar-refractivity contribution in [2.75, 3.05) is 0 Å². The molecule has 0 unspecified atom stereocenters. The molecule has 0 aliphatic heterocycles. The molecule has 0 saturated carbocycles. The fourth-order valence-corrected chi connectivity index (χ4v) is 3.40. The first-order valence-corrected chi connectivity index (χ1v) is 8.39. The molecular weight excluding hydrogens is 326 g/mol. The van der Waals surface area contributed by atoms with E-state index in [1.54, 1.807) is 0 Å². The molecule has 0 spiro atoms. The number of H-pyrrole nitrogens is 2. The minimum Gasteiger partial charge on any atom is -0.268 e. The van der Waals surface area contributed by atoms with Gasteiger partial charge in [-0.15, -0.1) is 0 Å². The van der Waals surface area contributed by atoms with Crippen molar-refractivity contribution in [2.45, 2.75) is 13.8 Å². The van der Waals surface area contributed by atoms with Gasteiger partial charge in [0.2, 0.25) is 0 Å². The number of fused-ring (bicyclic) bond motifs is 1. The van der Waals surface area contributed by atoms with Gasteiger partial charge in [-0.25, -0.2) is 4.79 Å². The molecule has 0 amide bonds. The zero-order valence-electron chi connectivity index (χ0n) is 14.5. The first-order valence-electron chi connectivity index (χ1n) is 8.39. The molecule has 2 aromatic heterocycles. The summed E-state index contributed by atoms with van der Waals surface area (Å²) < 4.78 is 1.90. The number of rotatable bonds is 2. The van der Waals surface area contributed by atoms with Gasteiger partial charge in [-0.05, 0) is 48.7 Å². The van der Waals surface area contributed by atoms with E-state index in [0.717, 1.165) is 28.1 Å². The predicted molar refractivity (Wildman–Crippen MR) is 102 cm³/mol. The standard InChI is InChI=1S/C21H17N3O2/c1-13-12-14(2)24(19-18(13)20(25)23-21(26)22-19)17-10-8-16(9-11-17)15-6-4-3-5-7-15/h3-12H,1-2H3,(H,23,25,26)/p+1. The van der Waals surface area contributed by atoms with Crippen LogP contribution in [-0.2, 0) is 0 Å². The molecule has 0 aliphatic rings. The summed E-state index contributed by atoms with van der Waals surface area (Å²) in [6.45, 7) is 3.82. The van der Waals surface area contributed by atoms with E-state index in [2.05, 4.69) is 22.1 Å². The number of hydrogen-bond donors (Lipinski definition) is 2. The highest BCUT2D eigenvalue weighted by molar-refractivity contribution is 5.75. The minimum absolute atomic E-state index is 0.379. The maximum atomic E-state index is 12.3. The summed E-state index contributed by atoms with van der Waals surface area (Å²) in [4.78, 5) is 29.2. The van der Waals surface area contributed by atoms with Gasteiger partial charge >= 0.3 is 11.3 Å². The number of pyridine rings is 1. The molecule has 26 heavy (non-hydrogen) atoms. The third-order valence-electron chi connectivity index (χ3n) is 4.55. The Labute approximate surface area is 149 Å². The van der Waals surface area contributed by atoms with Crippen LogP contribution in [0.1, 0.15) is 11.3 Å². The Morgan fingerprint density at radius 1 is 0.808 bits per heavy atom. The Morgan fingerprint density at radius 2 is 1.46 bits per heavy atom. The summed E-state index contributed by atoms with van der Waals surface area (Å²) in [6, 6.07) is 20.1. The summed E-state index contributed by atoms with van der Waals surface area (Å²) in [5.41, 5.74) is 4.50. The Bertz CT molecular complexity index is 1220. The van der Waals surface area contributed by atoms with Gasteiger partial charge < -0.3 is 0 Å². The van der Waals surface area contributed by atoms with E-state index in [1.807, 2.05) is 66.9 Å². The number of aromatic amines is 2. The highest BCUT2D eigenvalue weighted by Gasteiger charge is 2.19. The van der Waals surface area contributed by atoms with Crippen molar-refractivity contribution in [1.29, 1.82) is 0 Å². The lowest BCUT2D eigenvalue weighted by Gasteiger charge is -2.09. The molecule has 4 aromatic rings. The van der Waals surface area contributed by atoms with Crippen molar-refractivity contribution in [2.24, 2.45) is 0 Å². The smallest absolute Gasteiger partial charge is 0.268 e. The molecule has 0 radical (unpaired) electrons. The second-order valence-electron chi connectivity index (χ2n) is 6.35. The fraction of sp³-hybridized carbons (Fsp3) is 0.0952. The summed E-state index contributed by atoms with van der Waals surface area (Å²) in [6.07, 6.45) is 0. The summed E-state index contributed by atoms with van der Waals surface area (Å²) >= 11 is 0. The lowest BCUT2D eigenvalue weighted by Crippen LogP contribution is -2.40. The van der Waals surface area contributed by atoms with Gasteiger partial charge in [0.15, 0.2) is 0 Å². The van der Waals surface area contributed by atoms with Gasteiger partial charge in [-0.2, -0.15) is 9.55 Å². The first-order chi connectivity index (χ1) is 12.5. The van der Waals surface area contributed by atoms with Crippen LogP contribution in [-0.4, -0.2) is 9.97 Å².